The number of fused-ring (bicyclic) bond motifs is 3. The van der Waals surface area contributed by atoms with E-state index in [-0.39, 0.29) is 35.6 Å². The van der Waals surface area contributed by atoms with Gasteiger partial charge in [0.05, 0.1) is 6.42 Å². The number of rotatable bonds is 0. The fourth-order valence-corrected chi connectivity index (χ4v) is 2.80. The standard InChI is InChI=1S/C9H12N4O4/c1-5-4-8(14)7-6(13(16)17-11-7)2-3-9(8,10)12(5)15/h14H,2-4,10H2,1H3/t8-,9+/m1/s1. The molecule has 8 nitrogen and oxygen atoms in total. The summed E-state index contributed by atoms with van der Waals surface area (Å²) < 4.78 is 5.10. The van der Waals surface area contributed by atoms with Gasteiger partial charge in [0.25, 0.3) is 11.4 Å². The minimum absolute atomic E-state index is 0.0620. The van der Waals surface area contributed by atoms with Gasteiger partial charge in [-0.15, -0.1) is 0 Å². The maximum Gasteiger partial charge on any atom is 0.262 e. The second-order valence-corrected chi connectivity index (χ2v) is 4.72. The van der Waals surface area contributed by atoms with Crippen LogP contribution < -0.4 is 10.6 Å². The van der Waals surface area contributed by atoms with Crippen molar-refractivity contribution in [3.05, 3.63) is 21.8 Å². The van der Waals surface area contributed by atoms with Gasteiger partial charge in [-0.05, 0) is 4.90 Å². The average Bonchev–Trinajstić information content (AvgIpc) is 2.72. The summed E-state index contributed by atoms with van der Waals surface area (Å²) in [6, 6.07) is 0. The highest BCUT2D eigenvalue weighted by Gasteiger charge is 2.68. The molecular weight excluding hydrogens is 228 g/mol. The van der Waals surface area contributed by atoms with Crippen molar-refractivity contribution in [1.29, 1.82) is 0 Å². The lowest BCUT2D eigenvalue weighted by Gasteiger charge is -2.35. The van der Waals surface area contributed by atoms with Crippen LogP contribution in [-0.2, 0) is 12.0 Å². The summed E-state index contributed by atoms with van der Waals surface area (Å²) in [5.74, 6) is 0. The highest BCUT2D eigenvalue weighted by atomic mass is 16.8. The van der Waals surface area contributed by atoms with Crippen LogP contribution in [-0.4, -0.2) is 26.4 Å². The van der Waals surface area contributed by atoms with Crippen LogP contribution in [0.2, 0.25) is 0 Å². The Bertz CT molecular complexity index is 539. The molecule has 2 heterocycles. The Labute approximate surface area is 96.1 Å². The van der Waals surface area contributed by atoms with Crippen LogP contribution in [0.4, 0.5) is 0 Å². The lowest BCUT2D eigenvalue weighted by atomic mass is 9.76. The molecule has 8 heteroatoms. The maximum atomic E-state index is 11.9. The monoisotopic (exact) mass is 240 g/mol. The zero-order valence-corrected chi connectivity index (χ0v) is 9.21. The number of aromatic nitrogens is 2. The molecule has 1 aliphatic heterocycles. The van der Waals surface area contributed by atoms with Gasteiger partial charge >= 0.3 is 0 Å². The summed E-state index contributed by atoms with van der Waals surface area (Å²) in [5.41, 5.74) is 3.64. The molecule has 17 heavy (non-hydrogen) atoms. The second-order valence-electron chi connectivity index (χ2n) is 4.72. The Balaban J connectivity index is 2.23. The van der Waals surface area contributed by atoms with Crippen molar-refractivity contribution in [2.24, 2.45) is 5.73 Å². The quantitative estimate of drug-likeness (QED) is 0.418. The van der Waals surface area contributed by atoms with E-state index in [4.69, 9.17) is 5.73 Å². The first kappa shape index (κ1) is 10.5. The Morgan fingerprint density at radius 2 is 2.24 bits per heavy atom. The van der Waals surface area contributed by atoms with Crippen molar-refractivity contribution >= 4 is 5.71 Å². The van der Waals surface area contributed by atoms with Crippen molar-refractivity contribution in [1.82, 2.24) is 5.16 Å². The molecule has 1 aliphatic carbocycles. The van der Waals surface area contributed by atoms with E-state index in [0.29, 0.717) is 10.5 Å². The second kappa shape index (κ2) is 2.77. The molecule has 0 fully saturated rings. The van der Waals surface area contributed by atoms with Gasteiger partial charge < -0.3 is 15.5 Å². The number of nitrogens with zero attached hydrogens (tertiary/aromatic N) is 3. The van der Waals surface area contributed by atoms with Crippen molar-refractivity contribution in [2.45, 2.75) is 37.5 Å². The normalized spacial score (nSPS) is 35.9. The number of hydroxylamine groups is 1. The van der Waals surface area contributed by atoms with E-state index in [0.717, 1.165) is 0 Å². The third-order valence-corrected chi connectivity index (χ3v) is 3.77. The zero-order valence-electron chi connectivity index (χ0n) is 9.21. The number of hydrogen-bond acceptors (Lipinski definition) is 6. The van der Waals surface area contributed by atoms with E-state index in [1.165, 1.54) is 0 Å². The Kier molecular flexibility index (Phi) is 1.71. The van der Waals surface area contributed by atoms with Crippen LogP contribution in [0.3, 0.4) is 0 Å². The molecule has 3 rings (SSSR count). The molecule has 92 valence electrons. The fraction of sp³-hybridized carbons (Fsp3) is 0.667. The molecule has 1 aromatic heterocycles. The molecule has 0 bridgehead atoms. The molecule has 0 saturated carbocycles. The van der Waals surface area contributed by atoms with Crippen LogP contribution >= 0.6 is 0 Å². The average molecular weight is 240 g/mol. The van der Waals surface area contributed by atoms with Crippen molar-refractivity contribution in [2.75, 3.05) is 0 Å². The largest absolute Gasteiger partial charge is 0.622 e. The van der Waals surface area contributed by atoms with Crippen LogP contribution in [0.1, 0.15) is 31.2 Å². The summed E-state index contributed by atoms with van der Waals surface area (Å²) in [6.45, 7) is 1.60. The van der Waals surface area contributed by atoms with Gasteiger partial charge in [0.1, 0.15) is 0 Å². The molecule has 0 radical (unpaired) electrons. The van der Waals surface area contributed by atoms with E-state index in [1.807, 2.05) is 0 Å². The van der Waals surface area contributed by atoms with Crippen molar-refractivity contribution in [3.63, 3.8) is 0 Å². The molecule has 2 aliphatic rings. The topological polar surface area (TPSA) is 125 Å². The van der Waals surface area contributed by atoms with Crippen molar-refractivity contribution < 1.29 is 19.4 Å². The number of nitrogens with two attached hydrogens (primary N) is 1. The Morgan fingerprint density at radius 1 is 1.53 bits per heavy atom. The van der Waals surface area contributed by atoms with Gasteiger partial charge in [-0.1, -0.05) is 0 Å². The molecule has 0 saturated heterocycles. The van der Waals surface area contributed by atoms with Crippen molar-refractivity contribution in [3.8, 4) is 0 Å². The molecule has 0 aromatic carbocycles. The van der Waals surface area contributed by atoms with Gasteiger partial charge in [-0.2, -0.15) is 4.74 Å². The summed E-state index contributed by atoms with van der Waals surface area (Å²) in [7, 11) is 0. The first-order valence-corrected chi connectivity index (χ1v) is 5.30. The predicted molar refractivity (Wildman–Crippen MR) is 53.5 cm³/mol. The van der Waals surface area contributed by atoms with E-state index in [9.17, 15) is 15.5 Å². The van der Waals surface area contributed by atoms with Gasteiger partial charge in [-0.25, -0.2) is 0 Å². The van der Waals surface area contributed by atoms with E-state index < -0.39 is 11.3 Å². The summed E-state index contributed by atoms with van der Waals surface area (Å²) in [6.07, 6.45) is 0.500. The third-order valence-electron chi connectivity index (χ3n) is 3.77. The SMILES string of the molecule is CC1=[N+]([O-])[C@@]2(N)CCc3c(no[n+]3[O-])[C@]2(O)C1. The molecular formula is C9H12N4O4. The van der Waals surface area contributed by atoms with E-state index in [1.54, 1.807) is 6.92 Å². The molecule has 0 unspecified atom stereocenters. The summed E-state index contributed by atoms with van der Waals surface area (Å²) in [4.78, 5) is 0.260. The highest BCUT2D eigenvalue weighted by molar-refractivity contribution is 5.80. The minimum atomic E-state index is -1.65. The first-order valence-electron chi connectivity index (χ1n) is 5.30. The predicted octanol–water partition coefficient (Wildman–Crippen LogP) is -1.53. The minimum Gasteiger partial charge on any atom is -0.622 e. The lowest BCUT2D eigenvalue weighted by Crippen LogP contribution is -2.63. The summed E-state index contributed by atoms with van der Waals surface area (Å²) >= 11 is 0. The van der Waals surface area contributed by atoms with Crippen LogP contribution in [0.25, 0.3) is 0 Å². The number of aliphatic hydroxyl groups is 1. The fourth-order valence-electron chi connectivity index (χ4n) is 2.80. The van der Waals surface area contributed by atoms with E-state index in [2.05, 4.69) is 9.79 Å². The Hall–Kier alpha value is -1.67. The van der Waals surface area contributed by atoms with Crippen LogP contribution in [0.15, 0.2) is 4.63 Å². The van der Waals surface area contributed by atoms with Crippen LogP contribution in [0, 0.1) is 10.4 Å². The summed E-state index contributed by atoms with van der Waals surface area (Å²) in [5, 5.41) is 37.4. The van der Waals surface area contributed by atoms with Gasteiger partial charge in [-0.3, -0.25) is 10.4 Å². The molecule has 0 spiro atoms. The molecule has 2 atom stereocenters. The Morgan fingerprint density at radius 3 is 2.94 bits per heavy atom. The van der Waals surface area contributed by atoms with Crippen LogP contribution in [0.5, 0.6) is 0 Å². The van der Waals surface area contributed by atoms with Gasteiger partial charge in [0.15, 0.2) is 5.71 Å². The highest BCUT2D eigenvalue weighted by Crippen LogP contribution is 2.45. The smallest absolute Gasteiger partial charge is 0.262 e. The molecule has 1 aromatic rings. The first-order chi connectivity index (χ1) is 7.90. The van der Waals surface area contributed by atoms with E-state index >= 15 is 0 Å². The molecule has 0 amide bonds. The zero-order chi connectivity index (χ0) is 12.4. The lowest BCUT2D eigenvalue weighted by molar-refractivity contribution is -0.808. The third kappa shape index (κ3) is 0.973. The van der Waals surface area contributed by atoms with Gasteiger partial charge in [0, 0.05) is 24.9 Å². The molecule has 3 N–H and O–H groups in total. The van der Waals surface area contributed by atoms with Gasteiger partial charge in [0.2, 0.25) is 11.3 Å². The maximum absolute atomic E-state index is 11.9. The number of hydrogen-bond donors (Lipinski definition) is 2.